The summed E-state index contributed by atoms with van der Waals surface area (Å²) in [5.41, 5.74) is 0.513. The average molecular weight is 748 g/mol. The van der Waals surface area contributed by atoms with Gasteiger partial charge in [-0.15, -0.1) is 17.9 Å². The summed E-state index contributed by atoms with van der Waals surface area (Å²) >= 11 is 1.44. The van der Waals surface area contributed by atoms with Crippen LogP contribution in [0.4, 0.5) is 9.93 Å². The number of nitrogens with zero attached hydrogens (tertiary/aromatic N) is 3. The average Bonchev–Trinajstić information content (AvgIpc) is 3.55. The molecule has 3 heterocycles. The van der Waals surface area contributed by atoms with Gasteiger partial charge in [-0.2, -0.15) is 0 Å². The number of methoxy groups -OCH3 is 1. The Bertz CT molecular complexity index is 1920. The SMILES string of the molecule is C=C[C@@H]1C[C@]1(NC(=O)[C@@H]1C[C@@H](Oc2cc(-c3csc(NC)n3)nc3cc(C)c(OC)cc23)CN1C(=O)[C@@H](NC(=O)NC1CCCC1)C(C)(C)C)C(=O)O. The van der Waals surface area contributed by atoms with Crippen molar-refractivity contribution in [1.29, 1.82) is 0 Å². The van der Waals surface area contributed by atoms with Gasteiger partial charge < -0.3 is 40.7 Å². The van der Waals surface area contributed by atoms with Crippen molar-refractivity contribution >= 4 is 51.2 Å². The molecule has 3 fully saturated rings. The Hall–Kier alpha value is -4.92. The molecule has 4 amide bonds. The van der Waals surface area contributed by atoms with Crippen LogP contribution in [0.25, 0.3) is 22.3 Å². The van der Waals surface area contributed by atoms with Crippen LogP contribution in [0.2, 0.25) is 0 Å². The molecule has 3 aliphatic rings. The number of carbonyl (C=O) groups excluding carboxylic acids is 3. The predicted octanol–water partition coefficient (Wildman–Crippen LogP) is 4.87. The minimum absolute atomic E-state index is 0.00311. The van der Waals surface area contributed by atoms with E-state index >= 15 is 0 Å². The lowest BCUT2D eigenvalue weighted by atomic mass is 9.85. The summed E-state index contributed by atoms with van der Waals surface area (Å²) in [5.74, 6) is -1.60. The molecule has 6 rings (SSSR count). The normalized spacial score (nSPS) is 23.3. The fourth-order valence-corrected chi connectivity index (χ4v) is 8.06. The van der Waals surface area contributed by atoms with E-state index in [1.165, 1.54) is 22.3 Å². The van der Waals surface area contributed by atoms with E-state index in [0.717, 1.165) is 36.4 Å². The number of aromatic nitrogens is 2. The smallest absolute Gasteiger partial charge is 0.330 e. The molecule has 2 aliphatic carbocycles. The molecular weight excluding hydrogens is 699 g/mol. The number of hydrogen-bond donors (Lipinski definition) is 5. The van der Waals surface area contributed by atoms with Gasteiger partial charge in [-0.3, -0.25) is 9.59 Å². The standard InChI is InChI=1S/C38H49N7O7S/c1-8-21-17-38(21,34(48)49)44-32(46)28-14-23(18-45(28)33(47)31(37(3,4)5)43-35(50)40-22-11-9-10-12-22)52-30-16-26(27-19-53-36(39-6)42-27)41-25-13-20(2)29(51-7)15-24(25)30/h8,13,15-16,19,21-23,28,31H,1,9-12,14,17-18H2,2-7H3,(H,39,42)(H,44,46)(H,48,49)(H2,40,43,50)/t21-,23-,28+,31-,38-/m1/s1. The first-order valence-corrected chi connectivity index (χ1v) is 18.9. The predicted molar refractivity (Wildman–Crippen MR) is 202 cm³/mol. The number of carboxylic acids is 1. The van der Waals surface area contributed by atoms with Crippen LogP contribution in [0.3, 0.4) is 0 Å². The molecule has 1 aliphatic heterocycles. The zero-order valence-corrected chi connectivity index (χ0v) is 31.9. The van der Waals surface area contributed by atoms with Crippen LogP contribution in [-0.2, 0) is 14.4 Å². The summed E-state index contributed by atoms with van der Waals surface area (Å²) in [6.07, 6.45) is 4.92. The molecule has 5 atom stereocenters. The Morgan fingerprint density at radius 2 is 1.85 bits per heavy atom. The minimum atomic E-state index is -1.50. The number of likely N-dealkylation sites (tertiary alicyclic amines) is 1. The van der Waals surface area contributed by atoms with Crippen LogP contribution in [-0.4, -0.2) is 94.3 Å². The summed E-state index contributed by atoms with van der Waals surface area (Å²) in [6, 6.07) is 3.05. The van der Waals surface area contributed by atoms with Crippen molar-refractivity contribution in [3.63, 3.8) is 0 Å². The number of aliphatic carboxylic acids is 1. The van der Waals surface area contributed by atoms with Crippen molar-refractivity contribution in [2.75, 3.05) is 26.0 Å². The molecule has 2 saturated carbocycles. The van der Waals surface area contributed by atoms with E-state index in [2.05, 4.69) is 32.8 Å². The molecule has 284 valence electrons. The van der Waals surface area contributed by atoms with Crippen molar-refractivity contribution in [3.05, 3.63) is 41.8 Å². The highest BCUT2D eigenvalue weighted by Crippen LogP contribution is 2.45. The fourth-order valence-electron chi connectivity index (χ4n) is 7.40. The van der Waals surface area contributed by atoms with Crippen LogP contribution in [0.1, 0.15) is 64.9 Å². The number of nitrogens with one attached hydrogen (secondary N) is 4. The highest BCUT2D eigenvalue weighted by atomic mass is 32.1. The Balaban J connectivity index is 1.34. The molecule has 3 aromatic rings. The number of thiazole rings is 1. The molecule has 0 radical (unpaired) electrons. The molecule has 2 aromatic heterocycles. The van der Waals surface area contributed by atoms with E-state index in [1.807, 2.05) is 45.2 Å². The summed E-state index contributed by atoms with van der Waals surface area (Å²) in [6.45, 7) is 11.2. The lowest BCUT2D eigenvalue weighted by molar-refractivity contribution is -0.146. The van der Waals surface area contributed by atoms with Gasteiger partial charge in [-0.1, -0.05) is 39.7 Å². The number of amides is 4. The molecule has 1 aromatic carbocycles. The minimum Gasteiger partial charge on any atom is -0.496 e. The Morgan fingerprint density at radius 1 is 1.11 bits per heavy atom. The zero-order valence-electron chi connectivity index (χ0n) is 31.1. The van der Waals surface area contributed by atoms with Crippen molar-refractivity contribution in [2.45, 2.75) is 96.0 Å². The summed E-state index contributed by atoms with van der Waals surface area (Å²) < 4.78 is 12.3. The highest BCUT2D eigenvalue weighted by Gasteiger charge is 2.61. The van der Waals surface area contributed by atoms with Gasteiger partial charge >= 0.3 is 12.0 Å². The van der Waals surface area contributed by atoms with E-state index in [0.29, 0.717) is 33.8 Å². The van der Waals surface area contributed by atoms with Gasteiger partial charge in [0.15, 0.2) is 5.13 Å². The van der Waals surface area contributed by atoms with E-state index in [1.54, 1.807) is 20.2 Å². The van der Waals surface area contributed by atoms with E-state index < -0.39 is 58.9 Å². The number of anilines is 1. The first-order chi connectivity index (χ1) is 25.2. The third-order valence-electron chi connectivity index (χ3n) is 10.5. The lowest BCUT2D eigenvalue weighted by Crippen LogP contribution is -2.60. The Labute approximate surface area is 313 Å². The molecule has 0 bridgehead atoms. The van der Waals surface area contributed by atoms with Crippen molar-refractivity contribution in [3.8, 4) is 22.9 Å². The molecule has 0 spiro atoms. The fraction of sp³-hybridized carbons (Fsp3) is 0.526. The second kappa shape index (κ2) is 14.8. The van der Waals surface area contributed by atoms with Crippen LogP contribution in [0.15, 0.2) is 36.2 Å². The first-order valence-electron chi connectivity index (χ1n) is 18.0. The van der Waals surface area contributed by atoms with Crippen LogP contribution in [0, 0.1) is 18.3 Å². The number of ether oxygens (including phenoxy) is 2. The van der Waals surface area contributed by atoms with Gasteiger partial charge in [-0.25, -0.2) is 19.6 Å². The van der Waals surface area contributed by atoms with Crippen LogP contribution < -0.4 is 30.7 Å². The quantitative estimate of drug-likeness (QED) is 0.160. The number of fused-ring (bicyclic) bond motifs is 1. The van der Waals surface area contributed by atoms with Crippen molar-refractivity contribution in [2.24, 2.45) is 11.3 Å². The third kappa shape index (κ3) is 7.75. The van der Waals surface area contributed by atoms with Gasteiger partial charge in [0.25, 0.3) is 0 Å². The number of carbonyl (C=O) groups is 4. The van der Waals surface area contributed by atoms with Crippen LogP contribution in [0.5, 0.6) is 11.5 Å². The summed E-state index contributed by atoms with van der Waals surface area (Å²) in [7, 11) is 3.38. The van der Waals surface area contributed by atoms with Crippen molar-refractivity contribution < 1.29 is 33.8 Å². The largest absolute Gasteiger partial charge is 0.496 e. The maximum absolute atomic E-state index is 14.6. The van der Waals surface area contributed by atoms with Gasteiger partial charge in [-0.05, 0) is 49.3 Å². The Kier molecular flexibility index (Phi) is 10.6. The second-order valence-corrected chi connectivity index (χ2v) is 16.2. The molecule has 0 unspecified atom stereocenters. The van der Waals surface area contributed by atoms with Gasteiger partial charge in [0.05, 0.1) is 24.9 Å². The summed E-state index contributed by atoms with van der Waals surface area (Å²) in [4.78, 5) is 65.2. The van der Waals surface area contributed by atoms with Crippen molar-refractivity contribution in [1.82, 2.24) is 30.8 Å². The maximum atomic E-state index is 14.6. The maximum Gasteiger partial charge on any atom is 0.330 e. The third-order valence-corrected chi connectivity index (χ3v) is 11.4. The van der Waals surface area contributed by atoms with Gasteiger partial charge in [0.2, 0.25) is 11.8 Å². The number of rotatable bonds is 12. The molecular formula is C38H49N7O7S. The number of hydrogen-bond acceptors (Lipinski definition) is 10. The monoisotopic (exact) mass is 747 g/mol. The molecule has 1 saturated heterocycles. The van der Waals surface area contributed by atoms with Crippen LogP contribution >= 0.6 is 11.3 Å². The van der Waals surface area contributed by atoms with E-state index in [4.69, 9.17) is 14.5 Å². The number of urea groups is 1. The summed E-state index contributed by atoms with van der Waals surface area (Å²) in [5, 5.41) is 25.1. The van der Waals surface area contributed by atoms with E-state index in [9.17, 15) is 24.3 Å². The van der Waals surface area contributed by atoms with Gasteiger partial charge in [0, 0.05) is 42.3 Å². The molecule has 14 nitrogen and oxygen atoms in total. The lowest BCUT2D eigenvalue weighted by Gasteiger charge is -2.35. The number of pyridine rings is 1. The second-order valence-electron chi connectivity index (χ2n) is 15.3. The van der Waals surface area contributed by atoms with Gasteiger partial charge in [0.1, 0.15) is 40.9 Å². The van der Waals surface area contributed by atoms with E-state index in [-0.39, 0.29) is 25.4 Å². The molecule has 15 heteroatoms. The topological polar surface area (TPSA) is 184 Å². The molecule has 53 heavy (non-hydrogen) atoms. The highest BCUT2D eigenvalue weighted by molar-refractivity contribution is 7.14. The number of carboxylic acid groups (broad SMARTS) is 1. The number of aryl methyl sites for hydroxylation is 1. The zero-order chi connectivity index (χ0) is 38.2. The molecule has 5 N–H and O–H groups in total. The first kappa shape index (κ1) is 37.8. The Morgan fingerprint density at radius 3 is 2.45 bits per heavy atom. The number of benzene rings is 1.